The minimum Gasteiger partial charge on any atom is -0.369 e. The number of hydrogen-bond donors (Lipinski definition) is 2. The molecule has 0 aliphatic heterocycles. The normalized spacial score (nSPS) is 21.8. The first kappa shape index (κ1) is 14.6. The summed E-state index contributed by atoms with van der Waals surface area (Å²) in [6.07, 6.45) is 5.13. The van der Waals surface area contributed by atoms with Crippen molar-refractivity contribution in [2.24, 2.45) is 11.8 Å². The van der Waals surface area contributed by atoms with Gasteiger partial charge in [-0.1, -0.05) is 20.3 Å². The van der Waals surface area contributed by atoms with Gasteiger partial charge in [-0.3, -0.25) is 0 Å². The lowest BCUT2D eigenvalue weighted by Gasteiger charge is -2.13. The maximum absolute atomic E-state index is 4.66. The lowest BCUT2D eigenvalue weighted by molar-refractivity contribution is 0.537. The molecule has 0 saturated heterocycles. The summed E-state index contributed by atoms with van der Waals surface area (Å²) in [6.45, 7) is 6.45. The van der Waals surface area contributed by atoms with Crippen molar-refractivity contribution < 1.29 is 0 Å². The maximum Gasteiger partial charge on any atom is 0.226 e. The van der Waals surface area contributed by atoms with Gasteiger partial charge in [-0.25, -0.2) is 4.98 Å². The number of hydrogen-bond acceptors (Lipinski definition) is 5. The van der Waals surface area contributed by atoms with Crippen LogP contribution in [0.5, 0.6) is 0 Å². The monoisotopic (exact) mass is 304 g/mol. The van der Waals surface area contributed by atoms with E-state index in [1.54, 1.807) is 11.3 Å². The van der Waals surface area contributed by atoms with Gasteiger partial charge < -0.3 is 10.6 Å². The SMILES string of the molecule is CCCNc1nc(NCC2CCC(C)C2)c2ccsc2n1. The molecule has 0 radical (unpaired) electrons. The van der Waals surface area contributed by atoms with Crippen molar-refractivity contribution in [3.8, 4) is 0 Å². The predicted octanol–water partition coefficient (Wildman–Crippen LogP) is 4.36. The zero-order chi connectivity index (χ0) is 14.7. The predicted molar refractivity (Wildman–Crippen MR) is 91.2 cm³/mol. The quantitative estimate of drug-likeness (QED) is 0.832. The molecule has 1 aliphatic rings. The number of anilines is 2. The average Bonchev–Trinajstić information content (AvgIpc) is 3.11. The van der Waals surface area contributed by atoms with Crippen LogP contribution in [0.15, 0.2) is 11.4 Å². The molecule has 21 heavy (non-hydrogen) atoms. The molecule has 2 aromatic heterocycles. The fourth-order valence-electron chi connectivity index (χ4n) is 3.06. The molecule has 0 aromatic carbocycles. The Bertz CT molecular complexity index is 595. The van der Waals surface area contributed by atoms with Crippen LogP contribution in [0.25, 0.3) is 10.2 Å². The van der Waals surface area contributed by atoms with Crippen LogP contribution in [0.3, 0.4) is 0 Å². The summed E-state index contributed by atoms with van der Waals surface area (Å²) < 4.78 is 0. The molecule has 0 amide bonds. The van der Waals surface area contributed by atoms with Gasteiger partial charge in [0.2, 0.25) is 5.95 Å². The van der Waals surface area contributed by atoms with Gasteiger partial charge in [0.15, 0.2) is 0 Å². The van der Waals surface area contributed by atoms with Crippen LogP contribution in [0.2, 0.25) is 0 Å². The van der Waals surface area contributed by atoms with Crippen LogP contribution >= 0.6 is 11.3 Å². The molecule has 2 heterocycles. The van der Waals surface area contributed by atoms with E-state index in [0.29, 0.717) is 0 Å². The van der Waals surface area contributed by atoms with Gasteiger partial charge >= 0.3 is 0 Å². The molecule has 3 rings (SSSR count). The number of fused-ring (bicyclic) bond motifs is 1. The van der Waals surface area contributed by atoms with Crippen LogP contribution in [0, 0.1) is 11.8 Å². The molecule has 4 nitrogen and oxygen atoms in total. The van der Waals surface area contributed by atoms with Gasteiger partial charge in [-0.15, -0.1) is 11.3 Å². The summed E-state index contributed by atoms with van der Waals surface area (Å²) in [6, 6.07) is 2.11. The molecule has 1 saturated carbocycles. The highest BCUT2D eigenvalue weighted by Crippen LogP contribution is 2.31. The minimum atomic E-state index is 0.745. The van der Waals surface area contributed by atoms with E-state index in [4.69, 9.17) is 0 Å². The summed E-state index contributed by atoms with van der Waals surface area (Å²) >= 11 is 1.68. The Kier molecular flexibility index (Phi) is 4.58. The number of nitrogens with zero attached hydrogens (tertiary/aromatic N) is 2. The van der Waals surface area contributed by atoms with Gasteiger partial charge in [0.25, 0.3) is 0 Å². The fraction of sp³-hybridized carbons (Fsp3) is 0.625. The first-order valence-corrected chi connectivity index (χ1v) is 8.87. The molecular formula is C16H24N4S. The van der Waals surface area contributed by atoms with Gasteiger partial charge in [0, 0.05) is 13.1 Å². The zero-order valence-electron chi connectivity index (χ0n) is 12.9. The van der Waals surface area contributed by atoms with Crippen LogP contribution in [0.4, 0.5) is 11.8 Å². The lowest BCUT2D eigenvalue weighted by atomic mass is 10.1. The largest absolute Gasteiger partial charge is 0.369 e. The van der Waals surface area contributed by atoms with Crippen molar-refractivity contribution in [3.05, 3.63) is 11.4 Å². The second-order valence-electron chi connectivity index (χ2n) is 6.13. The first-order valence-electron chi connectivity index (χ1n) is 7.99. The second-order valence-corrected chi connectivity index (χ2v) is 7.02. The summed E-state index contributed by atoms with van der Waals surface area (Å²) in [5.41, 5.74) is 0. The molecule has 2 atom stereocenters. The third-order valence-electron chi connectivity index (χ3n) is 4.22. The van der Waals surface area contributed by atoms with E-state index in [2.05, 4.69) is 45.9 Å². The molecule has 114 valence electrons. The van der Waals surface area contributed by atoms with Crippen molar-refractivity contribution in [2.75, 3.05) is 23.7 Å². The number of rotatable bonds is 6. The molecule has 0 spiro atoms. The van der Waals surface area contributed by atoms with E-state index in [1.165, 1.54) is 19.3 Å². The average molecular weight is 304 g/mol. The summed E-state index contributed by atoms with van der Waals surface area (Å²) in [7, 11) is 0. The zero-order valence-corrected chi connectivity index (χ0v) is 13.7. The smallest absolute Gasteiger partial charge is 0.226 e. The van der Waals surface area contributed by atoms with E-state index in [0.717, 1.165) is 53.3 Å². The maximum atomic E-state index is 4.66. The molecule has 2 N–H and O–H groups in total. The summed E-state index contributed by atoms with van der Waals surface area (Å²) in [4.78, 5) is 10.3. The molecular weight excluding hydrogens is 280 g/mol. The van der Waals surface area contributed by atoms with Gasteiger partial charge in [0.05, 0.1) is 5.39 Å². The highest BCUT2D eigenvalue weighted by Gasteiger charge is 2.21. The summed E-state index contributed by atoms with van der Waals surface area (Å²) in [5, 5.41) is 10.1. The van der Waals surface area contributed by atoms with Crippen LogP contribution < -0.4 is 10.6 Å². The second kappa shape index (κ2) is 6.60. The van der Waals surface area contributed by atoms with E-state index in [1.807, 2.05) is 0 Å². The Hall–Kier alpha value is -1.36. The Labute approximate surface area is 130 Å². The molecule has 2 unspecified atom stereocenters. The third kappa shape index (κ3) is 3.46. The van der Waals surface area contributed by atoms with E-state index in [9.17, 15) is 0 Å². The Morgan fingerprint density at radius 2 is 2.19 bits per heavy atom. The third-order valence-corrected chi connectivity index (χ3v) is 5.03. The van der Waals surface area contributed by atoms with Crippen LogP contribution in [0.1, 0.15) is 39.5 Å². The van der Waals surface area contributed by atoms with Crippen molar-refractivity contribution >= 4 is 33.3 Å². The Morgan fingerprint density at radius 3 is 2.95 bits per heavy atom. The van der Waals surface area contributed by atoms with Gasteiger partial charge in [0.1, 0.15) is 10.6 Å². The highest BCUT2D eigenvalue weighted by atomic mass is 32.1. The molecule has 1 fully saturated rings. The highest BCUT2D eigenvalue weighted by molar-refractivity contribution is 7.16. The van der Waals surface area contributed by atoms with Crippen molar-refractivity contribution in [1.29, 1.82) is 0 Å². The van der Waals surface area contributed by atoms with Gasteiger partial charge in [-0.05, 0) is 42.5 Å². The fourth-order valence-corrected chi connectivity index (χ4v) is 3.82. The topological polar surface area (TPSA) is 49.8 Å². The molecule has 1 aliphatic carbocycles. The lowest BCUT2D eigenvalue weighted by Crippen LogP contribution is -2.14. The Balaban J connectivity index is 1.74. The van der Waals surface area contributed by atoms with Crippen molar-refractivity contribution in [1.82, 2.24) is 9.97 Å². The minimum absolute atomic E-state index is 0.745. The Morgan fingerprint density at radius 1 is 1.29 bits per heavy atom. The van der Waals surface area contributed by atoms with Crippen molar-refractivity contribution in [2.45, 2.75) is 39.5 Å². The molecule has 2 aromatic rings. The number of nitrogens with one attached hydrogen (secondary N) is 2. The standard InChI is InChI=1S/C16H24N4S/c1-3-7-17-16-19-14(13-6-8-21-15(13)20-16)18-10-12-5-4-11(2)9-12/h6,8,11-12H,3-5,7,9-10H2,1-2H3,(H2,17,18,19,20). The van der Waals surface area contributed by atoms with Gasteiger partial charge in [-0.2, -0.15) is 4.98 Å². The molecule has 0 bridgehead atoms. The van der Waals surface area contributed by atoms with Crippen LogP contribution in [-0.4, -0.2) is 23.1 Å². The van der Waals surface area contributed by atoms with E-state index < -0.39 is 0 Å². The van der Waals surface area contributed by atoms with E-state index >= 15 is 0 Å². The molecule has 5 heteroatoms. The summed E-state index contributed by atoms with van der Waals surface area (Å²) in [5.74, 6) is 3.40. The number of aromatic nitrogens is 2. The first-order chi connectivity index (χ1) is 10.3. The van der Waals surface area contributed by atoms with Crippen LogP contribution in [-0.2, 0) is 0 Å². The number of thiophene rings is 1. The van der Waals surface area contributed by atoms with E-state index in [-0.39, 0.29) is 0 Å². The van der Waals surface area contributed by atoms with Crippen molar-refractivity contribution in [3.63, 3.8) is 0 Å².